The van der Waals surface area contributed by atoms with Crippen molar-refractivity contribution in [2.45, 2.75) is 316 Å². The normalized spacial score (nSPS) is 14.7. The number of phosphoric acid groups is 2. The Morgan fingerprint density at radius 1 is 0.300 bits per heavy atom. The van der Waals surface area contributed by atoms with Crippen molar-refractivity contribution >= 4 is 39.5 Å². The third-order valence-electron chi connectivity index (χ3n) is 15.6. The maximum absolute atomic E-state index is 13.1. The fraction of sp³-hybridized carbons (Fsp3) is 0.679. The molecule has 0 aliphatic heterocycles. The van der Waals surface area contributed by atoms with Crippen molar-refractivity contribution in [1.82, 2.24) is 0 Å². The van der Waals surface area contributed by atoms with Crippen molar-refractivity contribution in [2.24, 2.45) is 0 Å². The van der Waals surface area contributed by atoms with Crippen LogP contribution in [0.3, 0.4) is 0 Å². The van der Waals surface area contributed by atoms with Crippen LogP contribution < -0.4 is 0 Å². The van der Waals surface area contributed by atoms with Gasteiger partial charge < -0.3 is 33.8 Å². The first-order valence-electron chi connectivity index (χ1n) is 38.4. The highest BCUT2D eigenvalue weighted by molar-refractivity contribution is 7.47. The van der Waals surface area contributed by atoms with E-state index in [0.29, 0.717) is 25.7 Å². The van der Waals surface area contributed by atoms with E-state index in [4.69, 9.17) is 37.0 Å². The highest BCUT2D eigenvalue weighted by atomic mass is 31.2. The monoisotopic (exact) mass is 1440 g/mol. The van der Waals surface area contributed by atoms with Crippen LogP contribution in [0.2, 0.25) is 0 Å². The molecule has 0 aromatic rings. The quantitative estimate of drug-likeness (QED) is 0.0169. The van der Waals surface area contributed by atoms with Crippen molar-refractivity contribution in [3.8, 4) is 0 Å². The van der Waals surface area contributed by atoms with Crippen LogP contribution in [0.5, 0.6) is 0 Å². The summed E-state index contributed by atoms with van der Waals surface area (Å²) in [5, 5.41) is 10.6. The van der Waals surface area contributed by atoms with E-state index in [0.717, 1.165) is 173 Å². The first kappa shape index (κ1) is 95.2. The van der Waals surface area contributed by atoms with Gasteiger partial charge >= 0.3 is 39.5 Å². The van der Waals surface area contributed by atoms with E-state index >= 15 is 0 Å². The molecule has 0 amide bonds. The van der Waals surface area contributed by atoms with Gasteiger partial charge in [-0.15, -0.1) is 0 Å². The van der Waals surface area contributed by atoms with Gasteiger partial charge in [0.2, 0.25) is 0 Å². The lowest BCUT2D eigenvalue weighted by atomic mass is 10.1. The Bertz CT molecular complexity index is 2420. The molecule has 0 aliphatic rings. The molecule has 5 unspecified atom stereocenters. The fourth-order valence-corrected chi connectivity index (χ4v) is 11.4. The number of carbonyl (C=O) groups excluding carboxylic acids is 4. The minimum Gasteiger partial charge on any atom is -0.462 e. The number of aliphatic hydroxyl groups excluding tert-OH is 1. The molecule has 0 heterocycles. The van der Waals surface area contributed by atoms with Gasteiger partial charge in [-0.05, 0) is 141 Å². The topological polar surface area (TPSA) is 237 Å². The first-order chi connectivity index (χ1) is 48.7. The van der Waals surface area contributed by atoms with Crippen LogP contribution in [0.15, 0.2) is 134 Å². The van der Waals surface area contributed by atoms with Crippen LogP contribution in [0, 0.1) is 0 Å². The fourth-order valence-electron chi connectivity index (χ4n) is 9.80. The molecule has 3 N–H and O–H groups in total. The minimum absolute atomic E-state index is 0.0772. The summed E-state index contributed by atoms with van der Waals surface area (Å²) >= 11 is 0. The molecule has 0 aliphatic carbocycles. The van der Waals surface area contributed by atoms with Crippen LogP contribution >= 0.6 is 15.6 Å². The number of unbranched alkanes of at least 4 members (excludes halogenated alkanes) is 24. The highest BCUT2D eigenvalue weighted by Gasteiger charge is 2.30. The maximum atomic E-state index is 13.1. The summed E-state index contributed by atoms with van der Waals surface area (Å²) in [6.45, 7) is 4.45. The third-order valence-corrected chi connectivity index (χ3v) is 17.5. The summed E-state index contributed by atoms with van der Waals surface area (Å²) in [4.78, 5) is 72.8. The van der Waals surface area contributed by atoms with Crippen molar-refractivity contribution < 1.29 is 80.2 Å². The molecule has 17 nitrogen and oxygen atoms in total. The van der Waals surface area contributed by atoms with Gasteiger partial charge in [-0.2, -0.15) is 0 Å². The van der Waals surface area contributed by atoms with E-state index in [9.17, 15) is 43.2 Å². The summed E-state index contributed by atoms with van der Waals surface area (Å²) in [5.41, 5.74) is 0. The van der Waals surface area contributed by atoms with E-state index in [1.54, 1.807) is 12.2 Å². The Labute approximate surface area is 605 Å². The number of ether oxygens (including phenoxy) is 4. The zero-order valence-electron chi connectivity index (χ0n) is 62.3. The van der Waals surface area contributed by atoms with Gasteiger partial charge in [0.1, 0.15) is 19.3 Å². The molecule has 100 heavy (non-hydrogen) atoms. The number of carbonyl (C=O) groups is 4. The maximum Gasteiger partial charge on any atom is 0.472 e. The molecule has 0 bridgehead atoms. The van der Waals surface area contributed by atoms with E-state index in [2.05, 4.69) is 137 Å². The number of allylic oxidation sites excluding steroid dienone is 21. The lowest BCUT2D eigenvalue weighted by molar-refractivity contribution is -0.161. The molecule has 19 heteroatoms. The molecule has 572 valence electrons. The molecule has 0 spiro atoms. The van der Waals surface area contributed by atoms with Crippen LogP contribution in [0.25, 0.3) is 0 Å². The van der Waals surface area contributed by atoms with E-state index in [1.807, 2.05) is 12.2 Å². The van der Waals surface area contributed by atoms with Gasteiger partial charge in [-0.3, -0.25) is 37.3 Å². The molecular weight excluding hydrogens is 1310 g/mol. The van der Waals surface area contributed by atoms with E-state index in [-0.39, 0.29) is 25.7 Å². The summed E-state index contributed by atoms with van der Waals surface area (Å²) in [6.07, 6.45) is 80.4. The molecule has 0 rings (SSSR count). The molecule has 0 radical (unpaired) electrons. The highest BCUT2D eigenvalue weighted by Crippen LogP contribution is 2.45. The second-order valence-electron chi connectivity index (χ2n) is 25.2. The van der Waals surface area contributed by atoms with Gasteiger partial charge in [0.25, 0.3) is 0 Å². The molecule has 0 aromatic carbocycles. The van der Waals surface area contributed by atoms with Gasteiger partial charge in [0.15, 0.2) is 12.2 Å². The van der Waals surface area contributed by atoms with Crippen molar-refractivity contribution in [3.05, 3.63) is 134 Å². The molecule has 0 fully saturated rings. The molecule has 0 saturated carbocycles. The Balaban J connectivity index is 5.44. The summed E-state index contributed by atoms with van der Waals surface area (Å²) < 4.78 is 68.3. The van der Waals surface area contributed by atoms with Crippen LogP contribution in [-0.2, 0) is 65.4 Å². The molecule has 5 atom stereocenters. The second kappa shape index (κ2) is 72.5. The van der Waals surface area contributed by atoms with Gasteiger partial charge in [0, 0.05) is 19.3 Å². The average Bonchev–Trinajstić information content (AvgIpc) is 0.932. The second-order valence-corrected chi connectivity index (χ2v) is 28.1. The summed E-state index contributed by atoms with van der Waals surface area (Å²) in [5.74, 6) is -2.36. The Morgan fingerprint density at radius 2 is 0.560 bits per heavy atom. The van der Waals surface area contributed by atoms with Crippen molar-refractivity contribution in [3.63, 3.8) is 0 Å². The lowest BCUT2D eigenvalue weighted by Gasteiger charge is -2.21. The zero-order valence-corrected chi connectivity index (χ0v) is 64.1. The summed E-state index contributed by atoms with van der Waals surface area (Å²) in [6, 6.07) is 0. The Kier molecular flexibility index (Phi) is 69.1. The lowest BCUT2D eigenvalue weighted by Crippen LogP contribution is -2.30. The predicted octanol–water partition coefficient (Wildman–Crippen LogP) is 22.1. The number of esters is 4. The Morgan fingerprint density at radius 3 is 0.920 bits per heavy atom. The number of hydrogen-bond acceptors (Lipinski definition) is 15. The SMILES string of the molecule is CC/C=C\C/C=C\C/C=C\C/C=C\C/C=C\CC(=O)OC(COC(=O)CCCCCCCCC/C=C\C/C=C\C/C=C\CC)COP(=O)(O)OCC(O)COP(=O)(O)OCC(COC(=O)CCCCCCC/C=C\C/C=C\CCCCC)OC(=O)CCCCCCC/C=C\CCCCCC. The minimum atomic E-state index is -5.01. The smallest absolute Gasteiger partial charge is 0.462 e. The third kappa shape index (κ3) is 71.6. The number of aliphatic hydroxyl groups is 1. The van der Waals surface area contributed by atoms with Gasteiger partial charge in [-0.25, -0.2) is 9.13 Å². The first-order valence-corrected chi connectivity index (χ1v) is 41.4. The van der Waals surface area contributed by atoms with Gasteiger partial charge in [-0.1, -0.05) is 264 Å². The molecule has 0 aromatic heterocycles. The largest absolute Gasteiger partial charge is 0.472 e. The Hall–Kier alpha value is -4.80. The van der Waals surface area contributed by atoms with Crippen LogP contribution in [0.4, 0.5) is 0 Å². The van der Waals surface area contributed by atoms with Crippen LogP contribution in [0.1, 0.15) is 297 Å². The van der Waals surface area contributed by atoms with Crippen molar-refractivity contribution in [1.29, 1.82) is 0 Å². The van der Waals surface area contributed by atoms with E-state index < -0.39 is 97.5 Å². The number of hydrogen-bond donors (Lipinski definition) is 3. The molecular formula is C81H136O17P2. The predicted molar refractivity (Wildman–Crippen MR) is 408 cm³/mol. The average molecular weight is 1440 g/mol. The number of rotatable bonds is 71. The zero-order chi connectivity index (χ0) is 73.2. The molecule has 0 saturated heterocycles. The van der Waals surface area contributed by atoms with E-state index in [1.165, 1.54) is 44.9 Å². The van der Waals surface area contributed by atoms with Crippen molar-refractivity contribution in [2.75, 3.05) is 39.6 Å². The van der Waals surface area contributed by atoms with Crippen LogP contribution in [-0.4, -0.2) is 96.7 Å². The van der Waals surface area contributed by atoms with Gasteiger partial charge in [0.05, 0.1) is 32.8 Å². The standard InChI is InChI=1S/C81H136O17P2/c1-5-9-13-17-21-25-29-33-36-37-40-43-46-50-54-58-62-66-79(84)92-72-77(98-81(86)68-64-60-56-52-48-44-39-35-31-27-23-19-15-11-7-3)74-96-100(89,90)94-70-75(82)69-93-99(87,88)95-73-76(97-80(85)67-63-59-55-51-47-41-32-28-24-20-16-12-8-4)71-91-78(83)65-61-57-53-49-45-42-38-34-30-26-22-18-14-10-6-2/h9,11,13,15,21-23,25-28,32-36,38-39,48,52,60,64,75-77,82H,5-8,10,12,14,16-20,24,29-31,37,40-47,49-51,53-59,61-63,65-74H2,1-4H3,(H,87,88)(H,89,90)/b13-9-,15-11-,25-21-,26-22-,27-23-,32-28-,36-33-,38-34-,39-35-,52-48-,64-60-. The summed E-state index contributed by atoms with van der Waals surface area (Å²) in [7, 11) is -9.99. The number of phosphoric ester groups is 2.